The molecule has 6 heteroatoms. The predicted molar refractivity (Wildman–Crippen MR) is 115 cm³/mol. The van der Waals surface area contributed by atoms with Gasteiger partial charge in [-0.1, -0.05) is 53.5 Å². The van der Waals surface area contributed by atoms with Crippen LogP contribution in [-0.4, -0.2) is 18.8 Å². The molecular formula is C22H17Cl2NO2S. The Morgan fingerprint density at radius 2 is 1.57 bits per heavy atom. The molecule has 3 aromatic rings. The fourth-order valence-corrected chi connectivity index (χ4v) is 4.62. The van der Waals surface area contributed by atoms with Gasteiger partial charge in [-0.2, -0.15) is 0 Å². The number of nitrogens with zero attached hydrogens (tertiary/aromatic N) is 1. The minimum atomic E-state index is -0.706. The SMILES string of the molecule is CO/N=C1\OC(CSc2ccc(Cl)cc2)(c2ccc(Cl)cc2)c2ccccc21. The Morgan fingerprint density at radius 1 is 0.929 bits per heavy atom. The number of hydrogen-bond acceptors (Lipinski definition) is 4. The van der Waals surface area contributed by atoms with Gasteiger partial charge in [-0.3, -0.25) is 0 Å². The molecule has 0 aliphatic carbocycles. The van der Waals surface area contributed by atoms with Gasteiger partial charge >= 0.3 is 0 Å². The molecule has 28 heavy (non-hydrogen) atoms. The van der Waals surface area contributed by atoms with Gasteiger partial charge in [0.2, 0.25) is 0 Å². The molecule has 0 saturated heterocycles. The fourth-order valence-electron chi connectivity index (χ4n) is 3.29. The normalized spacial score (nSPS) is 19.3. The lowest BCUT2D eigenvalue weighted by Crippen LogP contribution is -2.31. The topological polar surface area (TPSA) is 30.8 Å². The van der Waals surface area contributed by atoms with E-state index < -0.39 is 5.60 Å². The van der Waals surface area contributed by atoms with E-state index in [1.54, 1.807) is 11.8 Å². The van der Waals surface area contributed by atoms with Gasteiger partial charge in [-0.15, -0.1) is 11.8 Å². The number of rotatable bonds is 5. The highest BCUT2D eigenvalue weighted by atomic mass is 35.5. The number of thioether (sulfide) groups is 1. The largest absolute Gasteiger partial charge is 0.458 e. The molecule has 0 saturated carbocycles. The molecule has 1 atom stereocenters. The van der Waals surface area contributed by atoms with Crippen molar-refractivity contribution in [2.75, 3.05) is 12.9 Å². The first kappa shape index (κ1) is 19.2. The van der Waals surface area contributed by atoms with Crippen LogP contribution in [0.25, 0.3) is 0 Å². The molecule has 1 unspecified atom stereocenters. The molecule has 0 N–H and O–H groups in total. The Morgan fingerprint density at radius 3 is 2.25 bits per heavy atom. The van der Waals surface area contributed by atoms with Crippen LogP contribution in [0.4, 0.5) is 0 Å². The highest BCUT2D eigenvalue weighted by Gasteiger charge is 2.46. The first-order valence-electron chi connectivity index (χ1n) is 8.67. The summed E-state index contributed by atoms with van der Waals surface area (Å²) in [6.45, 7) is 0. The second-order valence-corrected chi connectivity index (χ2v) is 8.22. The van der Waals surface area contributed by atoms with E-state index in [0.717, 1.165) is 21.6 Å². The maximum atomic E-state index is 6.47. The molecule has 1 heterocycles. The van der Waals surface area contributed by atoms with E-state index in [1.807, 2.05) is 66.7 Å². The van der Waals surface area contributed by atoms with Crippen LogP contribution in [0, 0.1) is 0 Å². The molecule has 142 valence electrons. The number of oxime groups is 1. The van der Waals surface area contributed by atoms with Gasteiger partial charge in [0, 0.05) is 37.4 Å². The molecule has 0 aromatic heterocycles. The lowest BCUT2D eigenvalue weighted by molar-refractivity contribution is 0.122. The molecule has 0 amide bonds. The third-order valence-corrected chi connectivity index (χ3v) is 6.26. The summed E-state index contributed by atoms with van der Waals surface area (Å²) in [5, 5.41) is 5.51. The molecule has 0 fully saturated rings. The van der Waals surface area contributed by atoms with Gasteiger partial charge in [-0.05, 0) is 47.6 Å². The van der Waals surface area contributed by atoms with Crippen molar-refractivity contribution in [1.82, 2.24) is 0 Å². The summed E-state index contributed by atoms with van der Waals surface area (Å²) in [5.74, 6) is 1.13. The quantitative estimate of drug-likeness (QED) is 0.348. The smallest absolute Gasteiger partial charge is 0.259 e. The van der Waals surface area contributed by atoms with Gasteiger partial charge in [0.05, 0.1) is 0 Å². The summed E-state index contributed by atoms with van der Waals surface area (Å²) in [5.41, 5.74) is 2.28. The highest BCUT2D eigenvalue weighted by molar-refractivity contribution is 7.99. The number of fused-ring (bicyclic) bond motifs is 1. The molecule has 4 rings (SSSR count). The van der Waals surface area contributed by atoms with Crippen LogP contribution in [0.15, 0.2) is 82.8 Å². The molecule has 1 aliphatic rings. The summed E-state index contributed by atoms with van der Waals surface area (Å²) in [7, 11) is 1.52. The van der Waals surface area contributed by atoms with E-state index in [4.69, 9.17) is 32.8 Å². The van der Waals surface area contributed by atoms with Crippen molar-refractivity contribution >= 4 is 40.9 Å². The van der Waals surface area contributed by atoms with Gasteiger partial charge in [0.25, 0.3) is 5.90 Å². The number of hydrogen-bond donors (Lipinski definition) is 0. The number of halogens is 2. The van der Waals surface area contributed by atoms with Crippen LogP contribution in [-0.2, 0) is 15.2 Å². The van der Waals surface area contributed by atoms with Crippen LogP contribution in [0.3, 0.4) is 0 Å². The van der Waals surface area contributed by atoms with Crippen molar-refractivity contribution < 1.29 is 9.57 Å². The first-order valence-corrected chi connectivity index (χ1v) is 10.4. The third-order valence-electron chi connectivity index (χ3n) is 4.60. The van der Waals surface area contributed by atoms with Crippen molar-refractivity contribution in [3.8, 4) is 0 Å². The molecule has 3 nitrogen and oxygen atoms in total. The summed E-state index contributed by atoms with van der Waals surface area (Å²) < 4.78 is 6.47. The molecule has 3 aromatic carbocycles. The second kappa shape index (κ2) is 8.08. The average Bonchev–Trinajstić information content (AvgIpc) is 3.03. The van der Waals surface area contributed by atoms with Crippen LogP contribution >= 0.6 is 35.0 Å². The first-order chi connectivity index (χ1) is 13.6. The molecule has 1 aliphatic heterocycles. The summed E-state index contributed by atoms with van der Waals surface area (Å²) in [4.78, 5) is 6.13. The fraction of sp³-hybridized carbons (Fsp3) is 0.136. The second-order valence-electron chi connectivity index (χ2n) is 6.30. The lowest BCUT2D eigenvalue weighted by Gasteiger charge is -2.30. The minimum Gasteiger partial charge on any atom is -0.458 e. The van der Waals surface area contributed by atoms with Crippen LogP contribution < -0.4 is 0 Å². The van der Waals surface area contributed by atoms with Crippen molar-refractivity contribution in [2.45, 2.75) is 10.5 Å². The summed E-state index contributed by atoms with van der Waals surface area (Å²) in [6, 6.07) is 23.6. The summed E-state index contributed by atoms with van der Waals surface area (Å²) in [6.07, 6.45) is 0. The van der Waals surface area contributed by atoms with E-state index in [0.29, 0.717) is 21.7 Å². The van der Waals surface area contributed by atoms with Crippen LogP contribution in [0.1, 0.15) is 16.7 Å². The minimum absolute atomic E-state index is 0.477. The predicted octanol–water partition coefficient (Wildman–Crippen LogP) is 6.37. The lowest BCUT2D eigenvalue weighted by atomic mass is 9.87. The van der Waals surface area contributed by atoms with Gasteiger partial charge in [-0.25, -0.2) is 0 Å². The monoisotopic (exact) mass is 429 g/mol. The van der Waals surface area contributed by atoms with Crippen molar-refractivity contribution in [2.24, 2.45) is 5.16 Å². The molecular weight excluding hydrogens is 413 g/mol. The summed E-state index contributed by atoms with van der Waals surface area (Å²) >= 11 is 13.8. The van der Waals surface area contributed by atoms with Crippen LogP contribution in [0.5, 0.6) is 0 Å². The van der Waals surface area contributed by atoms with Crippen molar-refractivity contribution in [1.29, 1.82) is 0 Å². The van der Waals surface area contributed by atoms with Crippen LogP contribution in [0.2, 0.25) is 10.0 Å². The molecule has 0 radical (unpaired) electrons. The van der Waals surface area contributed by atoms with E-state index in [1.165, 1.54) is 7.11 Å². The highest BCUT2D eigenvalue weighted by Crippen LogP contribution is 2.45. The number of ether oxygens (including phenoxy) is 1. The zero-order chi connectivity index (χ0) is 19.6. The van der Waals surface area contributed by atoms with E-state index in [-0.39, 0.29) is 0 Å². The van der Waals surface area contributed by atoms with E-state index in [9.17, 15) is 0 Å². The standard InChI is InChI=1S/C22H17Cl2NO2S/c1-26-25-21-19-4-2-3-5-20(19)22(27-21,15-6-8-16(23)9-7-15)14-28-18-12-10-17(24)11-13-18/h2-13H,14H2,1H3/b25-21-. The Kier molecular flexibility index (Phi) is 5.54. The Bertz CT molecular complexity index is 1010. The Hall–Kier alpha value is -2.14. The zero-order valence-electron chi connectivity index (χ0n) is 15.1. The van der Waals surface area contributed by atoms with Gasteiger partial charge < -0.3 is 9.57 Å². The average molecular weight is 430 g/mol. The van der Waals surface area contributed by atoms with Gasteiger partial charge in [0.1, 0.15) is 7.11 Å². The third kappa shape index (κ3) is 3.60. The van der Waals surface area contributed by atoms with Crippen molar-refractivity contribution in [3.05, 3.63) is 99.5 Å². The zero-order valence-corrected chi connectivity index (χ0v) is 17.4. The maximum Gasteiger partial charge on any atom is 0.259 e. The Balaban J connectivity index is 1.79. The Labute approximate surface area is 178 Å². The molecule has 0 spiro atoms. The van der Waals surface area contributed by atoms with E-state index in [2.05, 4.69) is 11.2 Å². The molecule has 0 bridgehead atoms. The van der Waals surface area contributed by atoms with Crippen molar-refractivity contribution in [3.63, 3.8) is 0 Å². The maximum absolute atomic E-state index is 6.47. The van der Waals surface area contributed by atoms with E-state index >= 15 is 0 Å². The van der Waals surface area contributed by atoms with Gasteiger partial charge in [0.15, 0.2) is 5.60 Å². The number of benzene rings is 3.